The van der Waals surface area contributed by atoms with E-state index in [9.17, 15) is 9.59 Å². The van der Waals surface area contributed by atoms with Crippen molar-refractivity contribution in [3.8, 4) is 0 Å². The van der Waals surface area contributed by atoms with Crippen LogP contribution in [0.15, 0.2) is 72.8 Å². The number of carbonyl (C=O) groups is 2. The lowest BCUT2D eigenvalue weighted by molar-refractivity contribution is -0.121. The summed E-state index contributed by atoms with van der Waals surface area (Å²) in [5.41, 5.74) is 3.55. The van der Waals surface area contributed by atoms with Crippen LogP contribution in [0.5, 0.6) is 0 Å². The smallest absolute Gasteiger partial charge is 0.409 e. The van der Waals surface area contributed by atoms with Gasteiger partial charge in [0.05, 0.1) is 5.92 Å². The summed E-state index contributed by atoms with van der Waals surface area (Å²) in [5, 5.41) is 15.8. The molecule has 3 N–H and O–H groups in total. The highest BCUT2D eigenvalue weighted by molar-refractivity contribution is 6.30. The van der Waals surface area contributed by atoms with Gasteiger partial charge in [-0.05, 0) is 97.9 Å². The zero-order valence-electron chi connectivity index (χ0n) is 20.5. The molecule has 1 heterocycles. The Kier molecular flexibility index (Phi) is 9.45. The second kappa shape index (κ2) is 13.0. The fourth-order valence-electron chi connectivity index (χ4n) is 4.91. The van der Waals surface area contributed by atoms with Crippen LogP contribution in [0.4, 0.5) is 10.5 Å². The number of halogens is 2. The maximum absolute atomic E-state index is 13.2. The van der Waals surface area contributed by atoms with Gasteiger partial charge in [-0.25, -0.2) is 4.79 Å². The Morgan fingerprint density at radius 3 is 2.08 bits per heavy atom. The summed E-state index contributed by atoms with van der Waals surface area (Å²) >= 11 is 12.1. The van der Waals surface area contributed by atoms with Gasteiger partial charge in [-0.3, -0.25) is 10.1 Å². The zero-order valence-corrected chi connectivity index (χ0v) is 22.0. The molecule has 3 aromatic rings. The number of amides is 2. The van der Waals surface area contributed by atoms with E-state index in [4.69, 9.17) is 28.3 Å². The Hall–Kier alpha value is -3.06. The van der Waals surface area contributed by atoms with Gasteiger partial charge < -0.3 is 15.3 Å². The van der Waals surface area contributed by atoms with E-state index in [0.717, 1.165) is 50.0 Å². The minimum atomic E-state index is -1.05. The third-order valence-corrected chi connectivity index (χ3v) is 7.32. The molecule has 1 fully saturated rings. The minimum Gasteiger partial charge on any atom is -0.465 e. The Morgan fingerprint density at radius 2 is 1.51 bits per heavy atom. The monoisotopic (exact) mass is 539 g/mol. The minimum absolute atomic E-state index is 0.0433. The summed E-state index contributed by atoms with van der Waals surface area (Å²) in [4.78, 5) is 26.6. The van der Waals surface area contributed by atoms with Crippen LogP contribution in [0.1, 0.15) is 47.8 Å². The van der Waals surface area contributed by atoms with Crippen molar-refractivity contribution in [2.75, 3.05) is 31.5 Å². The number of hydrogen-bond donors (Lipinski definition) is 3. The van der Waals surface area contributed by atoms with E-state index in [0.29, 0.717) is 28.2 Å². The summed E-state index contributed by atoms with van der Waals surface area (Å²) in [5.74, 6) is -0.0547. The number of carbonyl (C=O) groups excluding carboxylic acids is 1. The number of benzene rings is 3. The Morgan fingerprint density at radius 1 is 0.919 bits per heavy atom. The van der Waals surface area contributed by atoms with Crippen molar-refractivity contribution in [3.63, 3.8) is 0 Å². The molecule has 6 nitrogen and oxygen atoms in total. The second-order valence-corrected chi connectivity index (χ2v) is 10.2. The molecular formula is C29H31Cl2N3O3. The lowest BCUT2D eigenvalue weighted by Gasteiger charge is -2.32. The second-order valence-electron chi connectivity index (χ2n) is 9.35. The fourth-order valence-corrected chi connectivity index (χ4v) is 5.16. The first-order chi connectivity index (χ1) is 17.9. The molecule has 2 amide bonds. The molecule has 1 aliphatic rings. The number of carboxylic acid groups (broad SMARTS) is 1. The topological polar surface area (TPSA) is 81.7 Å². The number of anilines is 1. The van der Waals surface area contributed by atoms with Crippen LogP contribution >= 0.6 is 23.2 Å². The molecule has 3 aromatic carbocycles. The zero-order chi connectivity index (χ0) is 26.2. The number of nitrogens with one attached hydrogen (secondary N) is 2. The first-order valence-corrected chi connectivity index (χ1v) is 13.3. The van der Waals surface area contributed by atoms with Crippen LogP contribution in [-0.2, 0) is 4.79 Å². The summed E-state index contributed by atoms with van der Waals surface area (Å²) < 4.78 is 0. The van der Waals surface area contributed by atoms with Gasteiger partial charge in [-0.1, -0.05) is 59.6 Å². The largest absolute Gasteiger partial charge is 0.465 e. The first-order valence-electron chi connectivity index (χ1n) is 12.5. The summed E-state index contributed by atoms with van der Waals surface area (Å²) in [7, 11) is 0. The van der Waals surface area contributed by atoms with Gasteiger partial charge in [-0.15, -0.1) is 0 Å². The predicted octanol–water partition coefficient (Wildman–Crippen LogP) is 6.60. The van der Waals surface area contributed by atoms with Crippen LogP contribution in [0.2, 0.25) is 10.0 Å². The van der Waals surface area contributed by atoms with Crippen LogP contribution < -0.4 is 10.6 Å². The molecule has 37 heavy (non-hydrogen) atoms. The fraction of sp³-hybridized carbons (Fsp3) is 0.310. The molecule has 8 heteroatoms. The van der Waals surface area contributed by atoms with Gasteiger partial charge in [0.25, 0.3) is 0 Å². The maximum atomic E-state index is 13.2. The van der Waals surface area contributed by atoms with E-state index >= 15 is 0 Å². The van der Waals surface area contributed by atoms with Crippen molar-refractivity contribution in [3.05, 3.63) is 99.5 Å². The number of hydrogen-bond acceptors (Lipinski definition) is 3. The molecule has 194 valence electrons. The predicted molar refractivity (Wildman–Crippen MR) is 149 cm³/mol. The average Bonchev–Trinajstić information content (AvgIpc) is 2.89. The summed E-state index contributed by atoms with van der Waals surface area (Å²) in [6.45, 7) is 3.47. The van der Waals surface area contributed by atoms with E-state index in [1.54, 1.807) is 30.3 Å². The molecule has 0 atom stereocenters. The van der Waals surface area contributed by atoms with Crippen LogP contribution in [-0.4, -0.2) is 48.2 Å². The summed E-state index contributed by atoms with van der Waals surface area (Å²) in [6.07, 6.45) is 1.87. The van der Waals surface area contributed by atoms with E-state index in [1.165, 1.54) is 5.56 Å². The van der Waals surface area contributed by atoms with Crippen LogP contribution in [0, 0.1) is 0 Å². The van der Waals surface area contributed by atoms with Gasteiger partial charge in [0, 0.05) is 22.3 Å². The Balaban J connectivity index is 1.26. The third-order valence-electron chi connectivity index (χ3n) is 6.82. The number of nitrogens with zero attached hydrogens (tertiary/aromatic N) is 1. The van der Waals surface area contributed by atoms with Gasteiger partial charge >= 0.3 is 6.09 Å². The molecule has 0 spiro atoms. The molecule has 0 aromatic heterocycles. The van der Waals surface area contributed by atoms with Crippen LogP contribution in [0.25, 0.3) is 0 Å². The molecule has 0 radical (unpaired) electrons. The summed E-state index contributed by atoms with van der Waals surface area (Å²) in [6, 6.07) is 22.4. The number of likely N-dealkylation sites (tertiary alicyclic amines) is 1. The van der Waals surface area contributed by atoms with Gasteiger partial charge in [0.15, 0.2) is 0 Å². The molecule has 4 rings (SSSR count). The highest BCUT2D eigenvalue weighted by Crippen LogP contribution is 2.30. The van der Waals surface area contributed by atoms with E-state index in [-0.39, 0.29) is 5.91 Å². The Labute approximate surface area is 227 Å². The Bertz CT molecular complexity index is 1150. The molecular weight excluding hydrogens is 509 g/mol. The van der Waals surface area contributed by atoms with E-state index in [1.807, 2.05) is 36.4 Å². The molecule has 0 saturated carbocycles. The highest BCUT2D eigenvalue weighted by Gasteiger charge is 2.23. The SMILES string of the molecule is O=C(O)Nc1cccc(C2CCN(CCCNC(=O)C(c3ccc(Cl)cc3)c3ccc(Cl)cc3)CC2)c1. The highest BCUT2D eigenvalue weighted by atomic mass is 35.5. The third kappa shape index (κ3) is 7.71. The van der Waals surface area contributed by atoms with Crippen molar-refractivity contribution >= 4 is 40.9 Å². The quantitative estimate of drug-likeness (QED) is 0.267. The maximum Gasteiger partial charge on any atom is 0.409 e. The normalized spacial score (nSPS) is 14.5. The lowest BCUT2D eigenvalue weighted by atomic mass is 9.89. The van der Waals surface area contributed by atoms with Gasteiger partial charge in [0.2, 0.25) is 5.91 Å². The molecule has 0 bridgehead atoms. The van der Waals surface area contributed by atoms with Crippen molar-refractivity contribution in [1.82, 2.24) is 10.2 Å². The van der Waals surface area contributed by atoms with Gasteiger partial charge in [0.1, 0.15) is 0 Å². The lowest BCUT2D eigenvalue weighted by Crippen LogP contribution is -2.36. The molecule has 0 aliphatic carbocycles. The van der Waals surface area contributed by atoms with Gasteiger partial charge in [-0.2, -0.15) is 0 Å². The standard InChI is InChI=1S/C29H31Cl2N3O3/c30-24-9-5-21(6-10-24)27(22-7-11-25(31)12-8-22)28(35)32-15-2-16-34-17-13-20(14-18-34)23-3-1-4-26(19-23)33-29(36)37/h1,3-12,19-20,27,33H,2,13-18H2,(H,32,35)(H,36,37). The molecule has 1 aliphatic heterocycles. The van der Waals surface area contributed by atoms with Crippen molar-refractivity contribution in [2.45, 2.75) is 31.1 Å². The van der Waals surface area contributed by atoms with Crippen LogP contribution in [0.3, 0.4) is 0 Å². The van der Waals surface area contributed by atoms with Crippen molar-refractivity contribution in [2.24, 2.45) is 0 Å². The average molecular weight is 540 g/mol. The van der Waals surface area contributed by atoms with E-state index in [2.05, 4.69) is 21.6 Å². The first kappa shape index (κ1) is 27.0. The number of piperidine rings is 1. The number of rotatable bonds is 9. The van der Waals surface area contributed by atoms with Crippen molar-refractivity contribution in [1.29, 1.82) is 0 Å². The van der Waals surface area contributed by atoms with Crippen molar-refractivity contribution < 1.29 is 14.7 Å². The molecule has 1 saturated heterocycles. The van der Waals surface area contributed by atoms with E-state index < -0.39 is 12.0 Å². The molecule has 0 unspecified atom stereocenters.